The molecule has 0 bridgehead atoms. The van der Waals surface area contributed by atoms with Crippen molar-refractivity contribution in [3.63, 3.8) is 0 Å². The van der Waals surface area contributed by atoms with Crippen LogP contribution in [0.3, 0.4) is 0 Å². The number of piperazine rings is 1. The molecule has 1 aliphatic carbocycles. The van der Waals surface area contributed by atoms with Crippen LogP contribution >= 0.6 is 0 Å². The fourth-order valence-corrected chi connectivity index (χ4v) is 4.80. The van der Waals surface area contributed by atoms with Gasteiger partial charge in [0.2, 0.25) is 0 Å². The molecular formula is C14H20N6O2S. The number of aromatic amines is 1. The van der Waals surface area contributed by atoms with Gasteiger partial charge in [0.05, 0.1) is 10.9 Å². The zero-order valence-electron chi connectivity index (χ0n) is 13.2. The van der Waals surface area contributed by atoms with Crippen LogP contribution in [-0.2, 0) is 10.2 Å². The molecule has 2 aromatic heterocycles. The summed E-state index contributed by atoms with van der Waals surface area (Å²) >= 11 is 0. The number of nitrogens with one attached hydrogen (secondary N) is 1. The normalized spacial score (nSPS) is 21.4. The Labute approximate surface area is 135 Å². The molecule has 1 saturated heterocycles. The quantitative estimate of drug-likeness (QED) is 0.878. The maximum atomic E-state index is 12.6. The van der Waals surface area contributed by atoms with Crippen molar-refractivity contribution in [2.24, 2.45) is 0 Å². The largest absolute Gasteiger partial charge is 0.353 e. The van der Waals surface area contributed by atoms with Crippen LogP contribution in [0.4, 0.5) is 5.82 Å². The highest BCUT2D eigenvalue weighted by Crippen LogP contribution is 2.47. The van der Waals surface area contributed by atoms with E-state index < -0.39 is 10.2 Å². The van der Waals surface area contributed by atoms with Gasteiger partial charge in [0.25, 0.3) is 10.2 Å². The number of aromatic nitrogens is 3. The number of hydrogen-bond acceptors (Lipinski definition) is 5. The third-order valence-corrected chi connectivity index (χ3v) is 6.84. The second-order valence-electron chi connectivity index (χ2n) is 6.45. The molecule has 1 saturated carbocycles. The van der Waals surface area contributed by atoms with E-state index in [-0.39, 0.29) is 5.54 Å². The third kappa shape index (κ3) is 2.22. The molecule has 1 aliphatic heterocycles. The first-order chi connectivity index (χ1) is 10.9. The highest BCUT2D eigenvalue weighted by molar-refractivity contribution is 7.86. The zero-order chi connectivity index (χ0) is 16.2. The second kappa shape index (κ2) is 4.89. The van der Waals surface area contributed by atoms with Crippen LogP contribution < -0.4 is 4.90 Å². The van der Waals surface area contributed by atoms with Gasteiger partial charge in [0.1, 0.15) is 17.8 Å². The Kier molecular flexibility index (Phi) is 3.16. The summed E-state index contributed by atoms with van der Waals surface area (Å²) in [5.74, 6) is 0.879. The molecule has 2 fully saturated rings. The van der Waals surface area contributed by atoms with Gasteiger partial charge in [-0.05, 0) is 18.9 Å². The minimum Gasteiger partial charge on any atom is -0.353 e. The lowest BCUT2D eigenvalue weighted by Crippen LogP contribution is -2.59. The van der Waals surface area contributed by atoms with Crippen molar-refractivity contribution in [1.82, 2.24) is 23.6 Å². The first-order valence-electron chi connectivity index (χ1n) is 7.67. The van der Waals surface area contributed by atoms with Gasteiger partial charge in [0.15, 0.2) is 0 Å². The lowest BCUT2D eigenvalue weighted by molar-refractivity contribution is 0.255. The summed E-state index contributed by atoms with van der Waals surface area (Å²) in [6.45, 7) is 1.79. The maximum absolute atomic E-state index is 12.6. The summed E-state index contributed by atoms with van der Waals surface area (Å²) < 4.78 is 28.1. The molecule has 0 atom stereocenters. The lowest BCUT2D eigenvalue weighted by atomic mass is 10.2. The summed E-state index contributed by atoms with van der Waals surface area (Å²) in [5.41, 5.74) is 0.526. The fraction of sp³-hybridized carbons (Fsp3) is 0.571. The summed E-state index contributed by atoms with van der Waals surface area (Å²) in [6, 6.07) is 1.97. The Morgan fingerprint density at radius 2 is 2.04 bits per heavy atom. The number of anilines is 1. The average molecular weight is 336 g/mol. The summed E-state index contributed by atoms with van der Waals surface area (Å²) in [7, 11) is -0.204. The number of rotatable bonds is 3. The highest BCUT2D eigenvalue weighted by Gasteiger charge is 2.56. The summed E-state index contributed by atoms with van der Waals surface area (Å²) in [6.07, 6.45) is 5.20. The van der Waals surface area contributed by atoms with Crippen molar-refractivity contribution in [1.29, 1.82) is 0 Å². The van der Waals surface area contributed by atoms with E-state index in [2.05, 4.69) is 19.9 Å². The van der Waals surface area contributed by atoms with Gasteiger partial charge in [-0.15, -0.1) is 0 Å². The van der Waals surface area contributed by atoms with E-state index in [1.165, 1.54) is 4.31 Å². The van der Waals surface area contributed by atoms with Crippen LogP contribution in [-0.4, -0.2) is 71.2 Å². The first kappa shape index (κ1) is 14.9. The van der Waals surface area contributed by atoms with Gasteiger partial charge >= 0.3 is 0 Å². The van der Waals surface area contributed by atoms with Gasteiger partial charge in [0, 0.05) is 39.9 Å². The SMILES string of the molecule is CN(C)S(=O)(=O)N1CCN(c2ncnc3[nH]ccc23)CC12CC2. The Balaban J connectivity index is 1.66. The minimum atomic E-state index is -3.38. The molecule has 9 heteroatoms. The molecule has 0 aromatic carbocycles. The van der Waals surface area contributed by atoms with Crippen molar-refractivity contribution < 1.29 is 8.42 Å². The molecule has 0 amide bonds. The van der Waals surface area contributed by atoms with Gasteiger partial charge in [-0.1, -0.05) is 0 Å². The maximum Gasteiger partial charge on any atom is 0.282 e. The molecule has 4 rings (SSSR count). The monoisotopic (exact) mass is 336 g/mol. The van der Waals surface area contributed by atoms with E-state index in [4.69, 9.17) is 0 Å². The fourth-order valence-electron chi connectivity index (χ4n) is 3.36. The van der Waals surface area contributed by atoms with Crippen LogP contribution in [0.1, 0.15) is 12.8 Å². The van der Waals surface area contributed by atoms with Gasteiger partial charge < -0.3 is 9.88 Å². The van der Waals surface area contributed by atoms with Crippen molar-refractivity contribution >= 4 is 27.1 Å². The predicted octanol–water partition coefficient (Wildman–Crippen LogP) is 0.419. The molecule has 0 unspecified atom stereocenters. The Morgan fingerprint density at radius 1 is 1.26 bits per heavy atom. The van der Waals surface area contributed by atoms with Crippen molar-refractivity contribution in [2.75, 3.05) is 38.6 Å². The van der Waals surface area contributed by atoms with Crippen LogP contribution in [0.5, 0.6) is 0 Å². The lowest BCUT2D eigenvalue weighted by Gasteiger charge is -2.42. The minimum absolute atomic E-state index is 0.283. The van der Waals surface area contributed by atoms with Gasteiger partial charge in [-0.3, -0.25) is 0 Å². The van der Waals surface area contributed by atoms with E-state index >= 15 is 0 Å². The van der Waals surface area contributed by atoms with Crippen LogP contribution in [0, 0.1) is 0 Å². The van der Waals surface area contributed by atoms with Gasteiger partial charge in [-0.2, -0.15) is 17.0 Å². The molecule has 3 heterocycles. The van der Waals surface area contributed by atoms with Crippen LogP contribution in [0.15, 0.2) is 18.6 Å². The average Bonchev–Trinajstić information content (AvgIpc) is 3.10. The van der Waals surface area contributed by atoms with E-state index in [9.17, 15) is 8.42 Å². The summed E-state index contributed by atoms with van der Waals surface area (Å²) in [4.78, 5) is 13.9. The third-order valence-electron chi connectivity index (χ3n) is 4.79. The molecule has 2 aliphatic rings. The number of H-pyrrole nitrogens is 1. The standard InChI is InChI=1S/C14H20N6O2S/c1-18(2)23(21,22)20-8-7-19(9-14(20)4-5-14)13-11-3-6-15-12(11)16-10-17-13/h3,6,10H,4-5,7-9H2,1-2H3,(H,15,16,17). The molecule has 23 heavy (non-hydrogen) atoms. The molecule has 124 valence electrons. The number of fused-ring (bicyclic) bond motifs is 1. The summed E-state index contributed by atoms with van der Waals surface area (Å²) in [5, 5.41) is 0.979. The Hall–Kier alpha value is -1.71. The van der Waals surface area contributed by atoms with Crippen molar-refractivity contribution in [3.8, 4) is 0 Å². The Bertz CT molecular complexity index is 842. The topological polar surface area (TPSA) is 85.4 Å². The molecule has 1 N–H and O–H groups in total. The second-order valence-corrected chi connectivity index (χ2v) is 8.51. The number of hydrogen-bond donors (Lipinski definition) is 1. The van der Waals surface area contributed by atoms with Crippen molar-refractivity contribution in [2.45, 2.75) is 18.4 Å². The van der Waals surface area contributed by atoms with E-state index in [0.717, 1.165) is 29.7 Å². The van der Waals surface area contributed by atoms with E-state index in [1.807, 2.05) is 12.3 Å². The Morgan fingerprint density at radius 3 is 2.74 bits per heavy atom. The number of nitrogens with zero attached hydrogens (tertiary/aromatic N) is 5. The van der Waals surface area contributed by atoms with Crippen molar-refractivity contribution in [3.05, 3.63) is 18.6 Å². The molecular weight excluding hydrogens is 316 g/mol. The molecule has 8 nitrogen and oxygen atoms in total. The molecule has 2 aromatic rings. The first-order valence-corrected chi connectivity index (χ1v) is 9.07. The van der Waals surface area contributed by atoms with Crippen LogP contribution in [0.25, 0.3) is 11.0 Å². The molecule has 0 radical (unpaired) electrons. The smallest absolute Gasteiger partial charge is 0.282 e. The van der Waals surface area contributed by atoms with E-state index in [0.29, 0.717) is 19.6 Å². The predicted molar refractivity (Wildman–Crippen MR) is 87.4 cm³/mol. The van der Waals surface area contributed by atoms with Crippen LogP contribution in [0.2, 0.25) is 0 Å². The van der Waals surface area contributed by atoms with E-state index in [1.54, 1.807) is 24.7 Å². The zero-order valence-corrected chi connectivity index (χ0v) is 14.0. The van der Waals surface area contributed by atoms with Gasteiger partial charge in [-0.25, -0.2) is 9.97 Å². The highest BCUT2D eigenvalue weighted by atomic mass is 32.2. The molecule has 1 spiro atoms.